The lowest BCUT2D eigenvalue weighted by Gasteiger charge is -2.05. The number of aromatic nitrogens is 3. The summed E-state index contributed by atoms with van der Waals surface area (Å²) in [5, 5.41) is 1.03. The van der Waals surface area contributed by atoms with E-state index >= 15 is 0 Å². The van der Waals surface area contributed by atoms with Crippen LogP contribution in [0.3, 0.4) is 0 Å². The fourth-order valence-corrected chi connectivity index (χ4v) is 2.60. The normalized spacial score (nSPS) is 11.1. The quantitative estimate of drug-likeness (QED) is 0.738. The second kappa shape index (κ2) is 4.21. The Balaban J connectivity index is 2.37. The van der Waals surface area contributed by atoms with E-state index in [4.69, 9.17) is 0 Å². The summed E-state index contributed by atoms with van der Waals surface area (Å²) in [7, 11) is 0. The Labute approximate surface area is 113 Å². The van der Waals surface area contributed by atoms with Crippen LogP contribution in [0.4, 0.5) is 0 Å². The summed E-state index contributed by atoms with van der Waals surface area (Å²) in [6.45, 7) is 3.99. The molecule has 2 aromatic heterocycles. The van der Waals surface area contributed by atoms with Crippen molar-refractivity contribution in [2.75, 3.05) is 0 Å². The van der Waals surface area contributed by atoms with Gasteiger partial charge >= 0.3 is 0 Å². The van der Waals surface area contributed by atoms with Gasteiger partial charge in [0.15, 0.2) is 0 Å². The molecule has 1 aromatic carbocycles. The third-order valence-corrected chi connectivity index (χ3v) is 3.51. The van der Waals surface area contributed by atoms with Crippen molar-refractivity contribution in [3.05, 3.63) is 46.3 Å². The SMILES string of the molecule is Cc1cccc(-c2nc(C)nc3[nH]cc(Br)c23)c1. The van der Waals surface area contributed by atoms with Crippen LogP contribution in [0.25, 0.3) is 22.3 Å². The molecule has 0 aliphatic rings. The molecule has 2 heterocycles. The van der Waals surface area contributed by atoms with E-state index in [0.29, 0.717) is 0 Å². The van der Waals surface area contributed by atoms with Gasteiger partial charge in [0.05, 0.1) is 11.1 Å². The first kappa shape index (κ1) is 11.4. The zero-order valence-corrected chi connectivity index (χ0v) is 11.7. The molecule has 0 saturated heterocycles. The predicted octanol–water partition coefficient (Wildman–Crippen LogP) is 4.00. The second-order valence-electron chi connectivity index (χ2n) is 4.35. The molecular weight excluding hydrogens is 290 g/mol. The monoisotopic (exact) mass is 301 g/mol. The third kappa shape index (κ3) is 1.82. The van der Waals surface area contributed by atoms with E-state index in [0.717, 1.165) is 32.6 Å². The Bertz CT molecular complexity index is 731. The minimum atomic E-state index is 0.772. The van der Waals surface area contributed by atoms with Gasteiger partial charge in [0.1, 0.15) is 11.5 Å². The minimum absolute atomic E-state index is 0.772. The van der Waals surface area contributed by atoms with Gasteiger partial charge in [0.2, 0.25) is 0 Å². The molecule has 0 radical (unpaired) electrons. The van der Waals surface area contributed by atoms with E-state index in [9.17, 15) is 0 Å². The van der Waals surface area contributed by atoms with Crippen LogP contribution in [-0.4, -0.2) is 15.0 Å². The van der Waals surface area contributed by atoms with Gasteiger partial charge in [-0.25, -0.2) is 9.97 Å². The molecule has 0 aliphatic carbocycles. The topological polar surface area (TPSA) is 41.6 Å². The van der Waals surface area contributed by atoms with Crippen molar-refractivity contribution in [3.8, 4) is 11.3 Å². The first-order chi connectivity index (χ1) is 8.65. The van der Waals surface area contributed by atoms with Crippen molar-refractivity contribution in [1.29, 1.82) is 0 Å². The van der Waals surface area contributed by atoms with Gasteiger partial charge in [-0.15, -0.1) is 0 Å². The fourth-order valence-electron chi connectivity index (χ4n) is 2.11. The second-order valence-corrected chi connectivity index (χ2v) is 5.20. The number of halogens is 1. The lowest BCUT2D eigenvalue weighted by Crippen LogP contribution is -1.93. The van der Waals surface area contributed by atoms with E-state index < -0.39 is 0 Å². The van der Waals surface area contributed by atoms with Crippen LogP contribution in [0.5, 0.6) is 0 Å². The molecule has 0 saturated carbocycles. The highest BCUT2D eigenvalue weighted by atomic mass is 79.9. The van der Waals surface area contributed by atoms with Crippen LogP contribution in [0.2, 0.25) is 0 Å². The van der Waals surface area contributed by atoms with Gasteiger partial charge in [-0.3, -0.25) is 0 Å². The Morgan fingerprint density at radius 3 is 2.78 bits per heavy atom. The molecule has 0 bridgehead atoms. The van der Waals surface area contributed by atoms with Gasteiger partial charge in [-0.05, 0) is 35.8 Å². The highest BCUT2D eigenvalue weighted by Gasteiger charge is 2.12. The zero-order chi connectivity index (χ0) is 12.7. The number of nitrogens with zero attached hydrogens (tertiary/aromatic N) is 2. The van der Waals surface area contributed by atoms with E-state index in [1.54, 1.807) is 0 Å². The van der Waals surface area contributed by atoms with Gasteiger partial charge in [-0.2, -0.15) is 0 Å². The van der Waals surface area contributed by atoms with Gasteiger partial charge in [-0.1, -0.05) is 23.8 Å². The highest BCUT2D eigenvalue weighted by molar-refractivity contribution is 9.10. The number of hydrogen-bond acceptors (Lipinski definition) is 2. The number of hydrogen-bond donors (Lipinski definition) is 1. The largest absolute Gasteiger partial charge is 0.345 e. The van der Waals surface area contributed by atoms with E-state index in [1.165, 1.54) is 5.56 Å². The van der Waals surface area contributed by atoms with Crippen molar-refractivity contribution < 1.29 is 0 Å². The maximum Gasteiger partial charge on any atom is 0.142 e. The number of aromatic amines is 1. The number of nitrogens with one attached hydrogen (secondary N) is 1. The van der Waals surface area contributed by atoms with Gasteiger partial charge in [0.25, 0.3) is 0 Å². The molecule has 4 heteroatoms. The average molecular weight is 302 g/mol. The van der Waals surface area contributed by atoms with E-state index in [2.05, 4.69) is 62.1 Å². The van der Waals surface area contributed by atoms with Crippen LogP contribution in [-0.2, 0) is 0 Å². The summed E-state index contributed by atoms with van der Waals surface area (Å²) in [6, 6.07) is 8.35. The van der Waals surface area contributed by atoms with Crippen molar-refractivity contribution in [2.24, 2.45) is 0 Å². The maximum absolute atomic E-state index is 4.58. The van der Waals surface area contributed by atoms with Crippen LogP contribution in [0, 0.1) is 13.8 Å². The van der Waals surface area contributed by atoms with Crippen molar-refractivity contribution in [2.45, 2.75) is 13.8 Å². The standard InChI is InChI=1S/C14H12BrN3/c1-8-4-3-5-10(6-8)13-12-11(15)7-16-14(12)18-9(2)17-13/h3-7H,1-2H3,(H,16,17,18). The molecule has 18 heavy (non-hydrogen) atoms. The Hall–Kier alpha value is -1.68. The zero-order valence-electron chi connectivity index (χ0n) is 10.2. The number of fused-ring (bicyclic) bond motifs is 1. The Morgan fingerprint density at radius 2 is 2.00 bits per heavy atom. The first-order valence-corrected chi connectivity index (χ1v) is 6.53. The fraction of sp³-hybridized carbons (Fsp3) is 0.143. The Kier molecular flexibility index (Phi) is 2.67. The molecule has 3 nitrogen and oxygen atoms in total. The molecule has 1 N–H and O–H groups in total. The molecular formula is C14H12BrN3. The van der Waals surface area contributed by atoms with Crippen molar-refractivity contribution >= 4 is 27.0 Å². The van der Waals surface area contributed by atoms with Crippen LogP contribution in [0.1, 0.15) is 11.4 Å². The minimum Gasteiger partial charge on any atom is -0.345 e. The number of rotatable bonds is 1. The number of aryl methyl sites for hydroxylation is 2. The molecule has 0 unspecified atom stereocenters. The van der Waals surface area contributed by atoms with E-state index in [1.807, 2.05) is 13.1 Å². The first-order valence-electron chi connectivity index (χ1n) is 5.73. The van der Waals surface area contributed by atoms with Crippen LogP contribution >= 0.6 is 15.9 Å². The molecule has 90 valence electrons. The van der Waals surface area contributed by atoms with Gasteiger partial charge < -0.3 is 4.98 Å². The Morgan fingerprint density at radius 1 is 1.17 bits per heavy atom. The molecule has 3 rings (SSSR count). The molecule has 3 aromatic rings. The predicted molar refractivity (Wildman–Crippen MR) is 76.5 cm³/mol. The molecule has 0 atom stereocenters. The van der Waals surface area contributed by atoms with E-state index in [-0.39, 0.29) is 0 Å². The summed E-state index contributed by atoms with van der Waals surface area (Å²) in [5.41, 5.74) is 4.18. The van der Waals surface area contributed by atoms with Crippen molar-refractivity contribution in [1.82, 2.24) is 15.0 Å². The lowest BCUT2D eigenvalue weighted by molar-refractivity contribution is 1.08. The lowest BCUT2D eigenvalue weighted by atomic mass is 10.1. The third-order valence-electron chi connectivity index (χ3n) is 2.89. The molecule has 0 aliphatic heterocycles. The summed E-state index contributed by atoms with van der Waals surface area (Å²) in [6.07, 6.45) is 1.90. The highest BCUT2D eigenvalue weighted by Crippen LogP contribution is 2.31. The molecule has 0 amide bonds. The number of benzene rings is 1. The van der Waals surface area contributed by atoms with Crippen LogP contribution < -0.4 is 0 Å². The smallest absolute Gasteiger partial charge is 0.142 e. The summed E-state index contributed by atoms with van der Waals surface area (Å²) in [4.78, 5) is 12.1. The molecule has 0 fully saturated rings. The average Bonchev–Trinajstić information content (AvgIpc) is 2.70. The number of H-pyrrole nitrogens is 1. The maximum atomic E-state index is 4.58. The summed E-state index contributed by atoms with van der Waals surface area (Å²) < 4.78 is 0.994. The summed E-state index contributed by atoms with van der Waals surface area (Å²) >= 11 is 3.55. The summed E-state index contributed by atoms with van der Waals surface area (Å²) in [5.74, 6) is 0.772. The molecule has 0 spiro atoms. The van der Waals surface area contributed by atoms with Gasteiger partial charge in [0, 0.05) is 16.2 Å². The van der Waals surface area contributed by atoms with Crippen molar-refractivity contribution in [3.63, 3.8) is 0 Å². The van der Waals surface area contributed by atoms with Crippen LogP contribution in [0.15, 0.2) is 34.9 Å².